The van der Waals surface area contributed by atoms with E-state index in [4.69, 9.17) is 11.0 Å². The average molecular weight is 824 g/mol. The lowest BCUT2D eigenvalue weighted by molar-refractivity contribution is 0.660. The van der Waals surface area contributed by atoms with Crippen molar-refractivity contribution in [1.82, 2.24) is 0 Å². The number of hydrogen-bond acceptors (Lipinski definition) is 1. The quantitative estimate of drug-likeness (QED) is 0.155. The Bertz CT molecular complexity index is 4400. The molecule has 0 aliphatic heterocycles. The third-order valence-corrected chi connectivity index (χ3v) is 12.5. The summed E-state index contributed by atoms with van der Waals surface area (Å²) in [7, 11) is 0. The molecule has 10 aromatic rings. The summed E-state index contributed by atoms with van der Waals surface area (Å²) in [5.41, 5.74) is 0.0821. The highest BCUT2D eigenvalue weighted by atomic mass is 15.1. The van der Waals surface area contributed by atoms with Crippen LogP contribution in [0.1, 0.15) is 74.6 Å². The van der Waals surface area contributed by atoms with Crippen molar-refractivity contribution in [3.8, 4) is 44.5 Å². The lowest BCUT2D eigenvalue weighted by Gasteiger charge is -2.34. The van der Waals surface area contributed by atoms with E-state index in [0.717, 1.165) is 22.3 Å². The summed E-state index contributed by atoms with van der Waals surface area (Å²) in [5, 5.41) is -0.801. The molecule has 298 valence electrons. The first kappa shape index (κ1) is 21.9. The van der Waals surface area contributed by atoms with Crippen LogP contribution in [0.2, 0.25) is 0 Å². The number of anilines is 3. The maximum absolute atomic E-state index is 10.1. The highest BCUT2D eigenvalue weighted by molar-refractivity contribution is 6.09. The van der Waals surface area contributed by atoms with Crippen molar-refractivity contribution in [3.05, 3.63) is 269 Å². The fourth-order valence-electron chi connectivity index (χ4n) is 9.80. The summed E-state index contributed by atoms with van der Waals surface area (Å²) < 4.78 is 188. The molecular weight excluding hydrogens is 759 g/mol. The molecule has 0 bridgehead atoms. The van der Waals surface area contributed by atoms with E-state index in [9.17, 15) is 16.4 Å². The fourth-order valence-corrected chi connectivity index (χ4v) is 9.80. The van der Waals surface area contributed by atoms with Crippen molar-refractivity contribution in [3.63, 3.8) is 0 Å². The van der Waals surface area contributed by atoms with E-state index in [1.54, 1.807) is 53.4 Å². The van der Waals surface area contributed by atoms with E-state index >= 15 is 0 Å². The summed E-state index contributed by atoms with van der Waals surface area (Å²) >= 11 is 0. The highest BCUT2D eigenvalue weighted by Crippen LogP contribution is 2.59. The summed E-state index contributed by atoms with van der Waals surface area (Å²) in [6.45, 7) is 4.21. The number of rotatable bonds is 7. The van der Waals surface area contributed by atoms with Crippen molar-refractivity contribution in [1.29, 1.82) is 0 Å². The summed E-state index contributed by atoms with van der Waals surface area (Å²) in [6, 6.07) is 18.6. The van der Waals surface area contributed by atoms with E-state index in [0.29, 0.717) is 11.4 Å². The van der Waals surface area contributed by atoms with Crippen LogP contribution in [0, 0.1) is 0 Å². The maximum Gasteiger partial charge on any atom is 0.0713 e. The molecule has 1 heteroatoms. The molecule has 0 saturated heterocycles. The molecule has 0 N–H and O–H groups in total. The van der Waals surface area contributed by atoms with Gasteiger partial charge in [0, 0.05) is 22.5 Å². The fraction of sp³-hybridized carbons (Fsp3) is 0.0645. The maximum atomic E-state index is 10.1. The number of para-hydroxylation sites is 1. The molecule has 2 aliphatic rings. The van der Waals surface area contributed by atoms with E-state index < -0.39 is 159 Å². The van der Waals surface area contributed by atoms with E-state index in [2.05, 4.69) is 19.9 Å². The van der Waals surface area contributed by atoms with Crippen molar-refractivity contribution in [2.45, 2.75) is 24.7 Å². The van der Waals surface area contributed by atoms with E-state index in [1.165, 1.54) is 24.3 Å². The van der Waals surface area contributed by atoms with Crippen LogP contribution in [0.15, 0.2) is 236 Å². The molecule has 0 spiro atoms. The van der Waals surface area contributed by atoms with Gasteiger partial charge in [-0.25, -0.2) is 0 Å². The van der Waals surface area contributed by atoms with Crippen LogP contribution in [0.3, 0.4) is 0 Å². The Morgan fingerprint density at radius 3 is 1.73 bits per heavy atom. The van der Waals surface area contributed by atoms with Gasteiger partial charge in [0.1, 0.15) is 0 Å². The predicted octanol–water partition coefficient (Wildman–Crippen LogP) is 16.3. The van der Waals surface area contributed by atoms with Gasteiger partial charge in [0.2, 0.25) is 0 Å². The molecule has 2 aliphatic carbocycles. The van der Waals surface area contributed by atoms with Gasteiger partial charge in [-0.1, -0.05) is 214 Å². The summed E-state index contributed by atoms with van der Waals surface area (Å²) in [4.78, 5) is 1.62. The van der Waals surface area contributed by atoms with Crippen LogP contribution in [0.5, 0.6) is 0 Å². The number of benzene rings is 10. The minimum atomic E-state index is -2.38. The van der Waals surface area contributed by atoms with Crippen LogP contribution in [-0.2, 0) is 10.8 Å². The van der Waals surface area contributed by atoms with Crippen LogP contribution < -0.4 is 4.90 Å². The van der Waals surface area contributed by atoms with E-state index in [-0.39, 0.29) is 44.5 Å². The molecule has 0 unspecified atom stereocenters. The van der Waals surface area contributed by atoms with Gasteiger partial charge in [-0.3, -0.25) is 0 Å². The van der Waals surface area contributed by atoms with Crippen molar-refractivity contribution in [2.24, 2.45) is 0 Å². The first-order valence-corrected chi connectivity index (χ1v) is 20.5. The van der Waals surface area contributed by atoms with Crippen LogP contribution >= 0.6 is 0 Å². The molecule has 1 nitrogen and oxygen atoms in total. The zero-order chi connectivity index (χ0) is 59.5. The second-order valence-corrected chi connectivity index (χ2v) is 16.1. The number of hydrogen-bond donors (Lipinski definition) is 0. The second-order valence-electron chi connectivity index (χ2n) is 16.1. The van der Waals surface area contributed by atoms with Gasteiger partial charge < -0.3 is 4.90 Å². The molecule has 0 fully saturated rings. The minimum Gasteiger partial charge on any atom is -0.310 e. The molecule has 0 heterocycles. The van der Waals surface area contributed by atoms with Gasteiger partial charge in [0.05, 0.1) is 32.8 Å². The molecule has 0 atom stereocenters. The van der Waals surface area contributed by atoms with Crippen LogP contribution in [0.25, 0.3) is 55.3 Å². The Hall–Kier alpha value is -7.74. The largest absolute Gasteiger partial charge is 0.310 e. The molecule has 12 rings (SSSR count). The van der Waals surface area contributed by atoms with Gasteiger partial charge in [-0.15, -0.1) is 0 Å². The molecule has 63 heavy (non-hydrogen) atoms. The van der Waals surface area contributed by atoms with E-state index in [1.807, 2.05) is 36.4 Å². The Labute approximate surface area is 398 Å². The average Bonchev–Trinajstić information content (AvgIpc) is 2.39. The Morgan fingerprint density at radius 1 is 0.381 bits per heavy atom. The van der Waals surface area contributed by atoms with Crippen molar-refractivity contribution in [2.75, 3.05) is 4.90 Å². The third-order valence-electron chi connectivity index (χ3n) is 12.5. The molecule has 0 aromatic heterocycles. The normalized spacial score (nSPS) is 18.3. The Balaban J connectivity index is 1.23. The SMILES string of the molecule is [2H]c1c([2H])c([2H])c(C2(c3c([2H])c([2H])c([2H])c([2H])c3[2H])c3ccccc3-c3c(-c4c(-c5c([2H])c([2H])c(N(c6ccccc6)c6ccc7c(c6)C(C)(C)c6ccccc6-7)c([2H])c5[2H])c([2H])c([2H])c5c([2H])c([2H])c([2H])c([2H])c45)cccc32)c([2H])c1[2H]. The Morgan fingerprint density at radius 2 is 0.984 bits per heavy atom. The molecule has 0 amide bonds. The zero-order valence-corrected chi connectivity index (χ0v) is 33.9. The lowest BCUT2D eigenvalue weighted by atomic mass is 9.67. The molecule has 0 saturated carbocycles. The van der Waals surface area contributed by atoms with Crippen molar-refractivity contribution < 1.29 is 27.4 Å². The topological polar surface area (TPSA) is 3.24 Å². The first-order valence-electron chi connectivity index (χ1n) is 30.5. The van der Waals surface area contributed by atoms with Gasteiger partial charge in [-0.05, 0) is 125 Å². The monoisotopic (exact) mass is 823 g/mol. The molecule has 10 aromatic carbocycles. The Kier molecular flexibility index (Phi) is 5.01. The van der Waals surface area contributed by atoms with Gasteiger partial charge >= 0.3 is 0 Å². The summed E-state index contributed by atoms with van der Waals surface area (Å²) in [6.07, 6.45) is 0. The number of nitrogens with zero attached hydrogens (tertiary/aromatic N) is 1. The van der Waals surface area contributed by atoms with Gasteiger partial charge in [0.25, 0.3) is 0 Å². The van der Waals surface area contributed by atoms with Crippen molar-refractivity contribution >= 4 is 27.8 Å². The third kappa shape index (κ3) is 5.56. The molecule has 0 radical (unpaired) electrons. The smallest absolute Gasteiger partial charge is 0.0713 e. The van der Waals surface area contributed by atoms with Gasteiger partial charge in [0.15, 0.2) is 0 Å². The highest BCUT2D eigenvalue weighted by Gasteiger charge is 2.47. The zero-order valence-electron chi connectivity index (χ0n) is 53.9. The van der Waals surface area contributed by atoms with Crippen LogP contribution in [-0.4, -0.2) is 0 Å². The predicted molar refractivity (Wildman–Crippen MR) is 264 cm³/mol. The minimum absolute atomic E-state index is 0.0243. The second kappa shape index (κ2) is 14.4. The molecular formula is C62H45N. The van der Waals surface area contributed by atoms with Crippen LogP contribution in [0.4, 0.5) is 17.1 Å². The standard InChI is InChI=1S/C62H45N/c1-61(2)55-30-16-14-27-51(55)52-40-38-48(41-58(52)61)63(46-24-10-5-11-25-46)47-36-33-43(34-37-47)50-39-35-42-19-12-13-26-49(42)59(50)54-29-18-32-57-60(54)53-28-15-17-31-56(53)62(57,44-20-6-3-7-21-44)45-22-8-4-9-23-45/h3-41H,1-2H3/i3D,4D,6D,7D,8D,9D,12D,13D,19D,20D,21D,22D,23D,26D,33D,34D,35D,36D,37D,39D. The first-order chi connectivity index (χ1) is 39.3. The summed E-state index contributed by atoms with van der Waals surface area (Å²) in [5.74, 6) is 0. The number of fused-ring (bicyclic) bond motifs is 7. The van der Waals surface area contributed by atoms with Gasteiger partial charge in [-0.2, -0.15) is 0 Å². The lowest BCUT2D eigenvalue weighted by Crippen LogP contribution is -2.28.